The summed E-state index contributed by atoms with van der Waals surface area (Å²) in [6, 6.07) is 9.35. The van der Waals surface area contributed by atoms with Crippen molar-refractivity contribution < 1.29 is 8.78 Å². The van der Waals surface area contributed by atoms with Gasteiger partial charge < -0.3 is 0 Å². The summed E-state index contributed by atoms with van der Waals surface area (Å²) in [6.07, 6.45) is 3.06. The summed E-state index contributed by atoms with van der Waals surface area (Å²) >= 11 is 0. The number of hydrogen-bond donors (Lipinski definition) is 1. The third-order valence-corrected chi connectivity index (χ3v) is 4.10. The number of imidazole rings is 1. The Morgan fingerprint density at radius 3 is 2.62 bits per heavy atom. The molecule has 2 aromatic carbocycles. The number of para-hydroxylation sites is 1. The predicted octanol–water partition coefficient (Wildman–Crippen LogP) is 3.64. The van der Waals surface area contributed by atoms with E-state index in [4.69, 9.17) is 0 Å². The van der Waals surface area contributed by atoms with Crippen molar-refractivity contribution in [3.8, 4) is 11.3 Å². The van der Waals surface area contributed by atoms with Gasteiger partial charge in [-0.15, -0.1) is 0 Å². The smallest absolute Gasteiger partial charge is 0.152 e. The van der Waals surface area contributed by atoms with E-state index in [9.17, 15) is 8.78 Å². The molecule has 0 fully saturated rings. The fourth-order valence-electron chi connectivity index (χ4n) is 3.05. The lowest BCUT2D eigenvalue weighted by Crippen LogP contribution is -2.16. The standard InChI is InChI=1S/C17H9F2N5/c18-10-4-2-5-11(19)14(10)17-22-13-7-21-23-15(13)9-3-1-6-12-16(9)24(17)8-20-12/h1-8H,(H,21,23). The fourth-order valence-corrected chi connectivity index (χ4v) is 3.05. The maximum atomic E-state index is 14.4. The molecule has 5 nitrogen and oxygen atoms in total. The van der Waals surface area contributed by atoms with E-state index in [0.717, 1.165) is 11.1 Å². The molecule has 5 rings (SSSR count). The van der Waals surface area contributed by atoms with Gasteiger partial charge in [0.2, 0.25) is 0 Å². The largest absolute Gasteiger partial charge is 0.282 e. The molecule has 7 heteroatoms. The molecule has 3 heterocycles. The number of aliphatic imine (C=N–C) groups is 1. The average Bonchev–Trinajstić information content (AvgIpc) is 3.17. The predicted molar refractivity (Wildman–Crippen MR) is 85.3 cm³/mol. The molecule has 0 saturated carbocycles. The number of benzene rings is 2. The molecule has 116 valence electrons. The second-order valence-corrected chi connectivity index (χ2v) is 5.45. The first-order valence-corrected chi connectivity index (χ1v) is 7.27. The SMILES string of the molecule is Fc1cccc(F)c1C1=Nc2cn[nH]c2-c2cccc3ncn1c23. The van der Waals surface area contributed by atoms with Crippen LogP contribution in [-0.4, -0.2) is 25.6 Å². The zero-order valence-electron chi connectivity index (χ0n) is 12.2. The molecule has 1 aliphatic rings. The van der Waals surface area contributed by atoms with Crippen molar-refractivity contribution in [1.82, 2.24) is 19.7 Å². The number of aromatic nitrogens is 4. The molecule has 0 aliphatic carbocycles. The number of halogens is 2. The third-order valence-electron chi connectivity index (χ3n) is 4.10. The Morgan fingerprint density at radius 2 is 1.79 bits per heavy atom. The minimum absolute atomic E-state index is 0.140. The molecule has 1 aliphatic heterocycles. The number of H-pyrrole nitrogens is 1. The fraction of sp³-hybridized carbons (Fsp3) is 0. The summed E-state index contributed by atoms with van der Waals surface area (Å²) in [7, 11) is 0. The normalized spacial score (nSPS) is 12.8. The first kappa shape index (κ1) is 13.1. The summed E-state index contributed by atoms with van der Waals surface area (Å²) < 4.78 is 30.3. The van der Waals surface area contributed by atoms with E-state index in [1.807, 2.05) is 18.2 Å². The van der Waals surface area contributed by atoms with Gasteiger partial charge in [-0.2, -0.15) is 5.10 Å². The van der Waals surface area contributed by atoms with E-state index in [1.54, 1.807) is 4.57 Å². The van der Waals surface area contributed by atoms with Crippen LogP contribution in [0.5, 0.6) is 0 Å². The van der Waals surface area contributed by atoms with Gasteiger partial charge in [0.25, 0.3) is 0 Å². The lowest BCUT2D eigenvalue weighted by Gasteiger charge is -2.10. The third kappa shape index (κ3) is 1.63. The molecule has 4 aromatic rings. The molecule has 0 amide bonds. The van der Waals surface area contributed by atoms with Gasteiger partial charge in [0, 0.05) is 5.56 Å². The van der Waals surface area contributed by atoms with Crippen molar-refractivity contribution in [1.29, 1.82) is 0 Å². The highest BCUT2D eigenvalue weighted by Crippen LogP contribution is 2.37. The van der Waals surface area contributed by atoms with Crippen LogP contribution in [-0.2, 0) is 0 Å². The van der Waals surface area contributed by atoms with E-state index >= 15 is 0 Å². The molecule has 0 spiro atoms. The first-order valence-electron chi connectivity index (χ1n) is 7.27. The van der Waals surface area contributed by atoms with Gasteiger partial charge in [-0.05, 0) is 18.2 Å². The highest BCUT2D eigenvalue weighted by atomic mass is 19.1. The van der Waals surface area contributed by atoms with E-state index in [-0.39, 0.29) is 11.4 Å². The van der Waals surface area contributed by atoms with Gasteiger partial charge in [0.05, 0.1) is 28.5 Å². The Morgan fingerprint density at radius 1 is 1.00 bits per heavy atom. The number of hydrogen-bond acceptors (Lipinski definition) is 3. The minimum atomic E-state index is -0.681. The Hall–Kier alpha value is -3.35. The molecule has 24 heavy (non-hydrogen) atoms. The number of fused-ring (bicyclic) bond motifs is 2. The van der Waals surface area contributed by atoms with E-state index in [1.165, 1.54) is 30.7 Å². The number of nitrogens with one attached hydrogen (secondary N) is 1. The van der Waals surface area contributed by atoms with Gasteiger partial charge in [-0.1, -0.05) is 18.2 Å². The van der Waals surface area contributed by atoms with Crippen molar-refractivity contribution in [3.63, 3.8) is 0 Å². The molecule has 1 N–H and O–H groups in total. The molecular formula is C17H9F2N5. The van der Waals surface area contributed by atoms with Crippen LogP contribution in [0.25, 0.3) is 22.3 Å². The second-order valence-electron chi connectivity index (χ2n) is 5.45. The van der Waals surface area contributed by atoms with Crippen LogP contribution in [0.4, 0.5) is 14.5 Å². The maximum Gasteiger partial charge on any atom is 0.152 e. The van der Waals surface area contributed by atoms with Crippen LogP contribution >= 0.6 is 0 Å². The molecule has 2 aromatic heterocycles. The van der Waals surface area contributed by atoms with Crippen molar-refractivity contribution >= 4 is 22.6 Å². The van der Waals surface area contributed by atoms with E-state index < -0.39 is 11.6 Å². The number of rotatable bonds is 1. The van der Waals surface area contributed by atoms with E-state index in [0.29, 0.717) is 16.9 Å². The molecule has 0 saturated heterocycles. The Kier molecular flexibility index (Phi) is 2.50. The van der Waals surface area contributed by atoms with E-state index in [2.05, 4.69) is 20.2 Å². The minimum Gasteiger partial charge on any atom is -0.282 e. The van der Waals surface area contributed by atoms with Crippen molar-refractivity contribution in [2.75, 3.05) is 0 Å². The van der Waals surface area contributed by atoms with Crippen LogP contribution in [0.2, 0.25) is 0 Å². The number of aromatic amines is 1. The summed E-state index contributed by atoms with van der Waals surface area (Å²) in [5, 5.41) is 6.92. The number of nitrogens with zero attached hydrogens (tertiary/aromatic N) is 4. The maximum absolute atomic E-state index is 14.4. The second kappa shape index (κ2) is 4.58. The summed E-state index contributed by atoms with van der Waals surface area (Å²) in [5.41, 5.74) is 3.27. The summed E-state index contributed by atoms with van der Waals surface area (Å²) in [5.74, 6) is -1.22. The first-order chi connectivity index (χ1) is 11.7. The summed E-state index contributed by atoms with van der Waals surface area (Å²) in [4.78, 5) is 8.80. The van der Waals surface area contributed by atoms with Crippen LogP contribution in [0.1, 0.15) is 5.56 Å². The highest BCUT2D eigenvalue weighted by molar-refractivity contribution is 6.11. The topological polar surface area (TPSA) is 58.9 Å². The Labute approximate surface area is 134 Å². The Balaban J connectivity index is 1.95. The zero-order chi connectivity index (χ0) is 16.3. The molecule has 0 atom stereocenters. The van der Waals surface area contributed by atoms with Crippen LogP contribution < -0.4 is 0 Å². The monoisotopic (exact) mass is 321 g/mol. The van der Waals surface area contributed by atoms with Crippen molar-refractivity contribution in [2.45, 2.75) is 0 Å². The van der Waals surface area contributed by atoms with Crippen molar-refractivity contribution in [3.05, 3.63) is 66.1 Å². The zero-order valence-corrected chi connectivity index (χ0v) is 12.2. The van der Waals surface area contributed by atoms with Gasteiger partial charge in [0.15, 0.2) is 5.84 Å². The van der Waals surface area contributed by atoms with Crippen LogP contribution in [0.15, 0.2) is 53.9 Å². The van der Waals surface area contributed by atoms with Crippen LogP contribution in [0.3, 0.4) is 0 Å². The molecule has 0 radical (unpaired) electrons. The van der Waals surface area contributed by atoms with Gasteiger partial charge >= 0.3 is 0 Å². The summed E-state index contributed by atoms with van der Waals surface area (Å²) in [6.45, 7) is 0. The quantitative estimate of drug-likeness (QED) is 0.512. The highest BCUT2D eigenvalue weighted by Gasteiger charge is 2.25. The Bertz CT molecular complexity index is 1120. The lowest BCUT2D eigenvalue weighted by atomic mass is 10.1. The van der Waals surface area contributed by atoms with Crippen molar-refractivity contribution in [2.24, 2.45) is 4.99 Å². The molecule has 0 unspecified atom stereocenters. The van der Waals surface area contributed by atoms with Gasteiger partial charge in [0.1, 0.15) is 23.6 Å². The van der Waals surface area contributed by atoms with Gasteiger partial charge in [-0.3, -0.25) is 9.67 Å². The van der Waals surface area contributed by atoms with Gasteiger partial charge in [-0.25, -0.2) is 18.8 Å². The molecular weight excluding hydrogens is 312 g/mol. The average molecular weight is 321 g/mol. The molecule has 0 bridgehead atoms. The lowest BCUT2D eigenvalue weighted by molar-refractivity contribution is 0.578. The van der Waals surface area contributed by atoms with Crippen LogP contribution in [0, 0.1) is 11.6 Å².